The predicted octanol–water partition coefficient (Wildman–Crippen LogP) is 3.64. The lowest BCUT2D eigenvalue weighted by Crippen LogP contribution is -1.80. The van der Waals surface area contributed by atoms with Gasteiger partial charge in [-0.25, -0.2) is 4.39 Å². The average Bonchev–Trinajstić information content (AvgIpc) is 2.20. The molecule has 1 aromatic rings. The van der Waals surface area contributed by atoms with E-state index in [9.17, 15) is 4.39 Å². The second-order valence-electron chi connectivity index (χ2n) is 2.63. The highest BCUT2D eigenvalue weighted by Gasteiger charge is 1.97. The van der Waals surface area contributed by atoms with Crippen molar-refractivity contribution in [3.05, 3.63) is 44.5 Å². The first kappa shape index (κ1) is 11.6. The molecule has 0 amide bonds. The van der Waals surface area contributed by atoms with E-state index >= 15 is 0 Å². The Labute approximate surface area is 95.1 Å². The fraction of sp³-hybridized carbons (Fsp3) is 0.200. The number of hydrogen-bond acceptors (Lipinski definition) is 1. The zero-order valence-electron chi connectivity index (χ0n) is 7.74. The van der Waals surface area contributed by atoms with E-state index in [1.807, 2.05) is 0 Å². The van der Waals surface area contributed by atoms with Crippen molar-refractivity contribution >= 4 is 15.9 Å². The SMILES string of the molecule is [N-]=[N+]=NCCC#Cc1ccc(F)cc1Br. The number of rotatable bonds is 2. The monoisotopic (exact) mass is 267 g/mol. The van der Waals surface area contributed by atoms with E-state index in [0.29, 0.717) is 17.4 Å². The minimum atomic E-state index is -0.304. The Hall–Kier alpha value is -1.50. The van der Waals surface area contributed by atoms with Crippen LogP contribution in [0.4, 0.5) is 4.39 Å². The molecule has 5 heteroatoms. The van der Waals surface area contributed by atoms with Crippen LogP contribution >= 0.6 is 15.9 Å². The molecule has 0 bridgehead atoms. The molecule has 0 spiro atoms. The fourth-order valence-corrected chi connectivity index (χ4v) is 1.35. The lowest BCUT2D eigenvalue weighted by molar-refractivity contribution is 0.627. The first-order chi connectivity index (χ1) is 7.24. The Bertz CT molecular complexity index is 455. The molecule has 1 aromatic carbocycles. The molecule has 3 nitrogen and oxygen atoms in total. The molecular weight excluding hydrogens is 261 g/mol. The van der Waals surface area contributed by atoms with Gasteiger partial charge in [-0.1, -0.05) is 17.0 Å². The van der Waals surface area contributed by atoms with Crippen LogP contribution in [-0.4, -0.2) is 6.54 Å². The van der Waals surface area contributed by atoms with E-state index in [4.69, 9.17) is 5.53 Å². The van der Waals surface area contributed by atoms with Gasteiger partial charge in [-0.2, -0.15) is 0 Å². The quantitative estimate of drug-likeness (QED) is 0.258. The summed E-state index contributed by atoms with van der Waals surface area (Å²) in [4.78, 5) is 2.61. The summed E-state index contributed by atoms with van der Waals surface area (Å²) in [5.74, 6) is 5.38. The third kappa shape index (κ3) is 4.03. The molecule has 76 valence electrons. The Kier molecular flexibility index (Phi) is 4.69. The second kappa shape index (κ2) is 6.07. The number of benzene rings is 1. The molecular formula is C10H7BrFN3. The van der Waals surface area contributed by atoms with E-state index in [-0.39, 0.29) is 5.82 Å². The van der Waals surface area contributed by atoms with E-state index < -0.39 is 0 Å². The highest BCUT2D eigenvalue weighted by Crippen LogP contribution is 2.16. The van der Waals surface area contributed by atoms with Crippen molar-refractivity contribution in [3.8, 4) is 11.8 Å². The van der Waals surface area contributed by atoms with Gasteiger partial charge in [0.2, 0.25) is 0 Å². The van der Waals surface area contributed by atoms with Crippen LogP contribution in [0.25, 0.3) is 10.4 Å². The van der Waals surface area contributed by atoms with Crippen LogP contribution in [0.2, 0.25) is 0 Å². The smallest absolute Gasteiger partial charge is 0.124 e. The molecule has 15 heavy (non-hydrogen) atoms. The van der Waals surface area contributed by atoms with Gasteiger partial charge in [-0.05, 0) is 39.7 Å². The lowest BCUT2D eigenvalue weighted by atomic mass is 10.2. The summed E-state index contributed by atoms with van der Waals surface area (Å²) in [7, 11) is 0. The summed E-state index contributed by atoms with van der Waals surface area (Å²) >= 11 is 3.21. The molecule has 1 rings (SSSR count). The van der Waals surface area contributed by atoms with Crippen LogP contribution < -0.4 is 0 Å². The predicted molar refractivity (Wildman–Crippen MR) is 59.6 cm³/mol. The topological polar surface area (TPSA) is 48.8 Å². The van der Waals surface area contributed by atoms with Crippen molar-refractivity contribution in [2.24, 2.45) is 5.11 Å². The van der Waals surface area contributed by atoms with Crippen molar-refractivity contribution in [1.29, 1.82) is 0 Å². The second-order valence-corrected chi connectivity index (χ2v) is 3.48. The first-order valence-corrected chi connectivity index (χ1v) is 4.98. The molecule has 0 saturated carbocycles. The van der Waals surface area contributed by atoms with Crippen LogP contribution in [0.15, 0.2) is 27.8 Å². The molecule has 0 heterocycles. The Morgan fingerprint density at radius 1 is 1.53 bits per heavy atom. The summed E-state index contributed by atoms with van der Waals surface area (Å²) in [6.45, 7) is 0.350. The van der Waals surface area contributed by atoms with E-state index in [1.165, 1.54) is 12.1 Å². The molecule has 0 aliphatic carbocycles. The largest absolute Gasteiger partial charge is 0.207 e. The maximum absolute atomic E-state index is 12.7. The molecule has 0 radical (unpaired) electrons. The zero-order valence-corrected chi connectivity index (χ0v) is 9.33. The van der Waals surface area contributed by atoms with Crippen LogP contribution in [0.5, 0.6) is 0 Å². The number of nitrogens with zero attached hydrogens (tertiary/aromatic N) is 3. The van der Waals surface area contributed by atoms with Crippen LogP contribution in [0.1, 0.15) is 12.0 Å². The molecule has 0 aliphatic rings. The maximum Gasteiger partial charge on any atom is 0.124 e. The third-order valence-corrected chi connectivity index (χ3v) is 2.21. The van der Waals surface area contributed by atoms with Crippen molar-refractivity contribution in [2.75, 3.05) is 6.54 Å². The van der Waals surface area contributed by atoms with E-state index in [2.05, 4.69) is 37.8 Å². The van der Waals surface area contributed by atoms with Crippen molar-refractivity contribution in [3.63, 3.8) is 0 Å². The average molecular weight is 268 g/mol. The standard InChI is InChI=1S/C10H7BrFN3/c11-10-7-9(12)5-4-8(10)3-1-2-6-14-15-13/h4-5,7H,2,6H2. The van der Waals surface area contributed by atoms with Gasteiger partial charge in [-0.15, -0.1) is 0 Å². The third-order valence-electron chi connectivity index (χ3n) is 1.55. The number of halogens is 2. The first-order valence-electron chi connectivity index (χ1n) is 4.19. The fourth-order valence-electron chi connectivity index (χ4n) is 0.899. The molecule has 0 unspecified atom stereocenters. The summed E-state index contributed by atoms with van der Waals surface area (Å²) < 4.78 is 13.3. The summed E-state index contributed by atoms with van der Waals surface area (Å²) in [6.07, 6.45) is 0.494. The van der Waals surface area contributed by atoms with Crippen molar-refractivity contribution in [1.82, 2.24) is 0 Å². The van der Waals surface area contributed by atoms with Crippen LogP contribution in [0.3, 0.4) is 0 Å². The van der Waals surface area contributed by atoms with Crippen LogP contribution in [0, 0.1) is 17.7 Å². The Morgan fingerprint density at radius 2 is 2.33 bits per heavy atom. The normalized spacial score (nSPS) is 8.67. The maximum atomic E-state index is 12.7. The minimum Gasteiger partial charge on any atom is -0.207 e. The van der Waals surface area contributed by atoms with Gasteiger partial charge in [0, 0.05) is 27.9 Å². The Balaban J connectivity index is 2.67. The van der Waals surface area contributed by atoms with Crippen molar-refractivity contribution in [2.45, 2.75) is 6.42 Å². The lowest BCUT2D eigenvalue weighted by Gasteiger charge is -1.94. The van der Waals surface area contributed by atoms with Gasteiger partial charge in [-0.3, -0.25) is 0 Å². The van der Waals surface area contributed by atoms with E-state index in [0.717, 1.165) is 5.56 Å². The van der Waals surface area contributed by atoms with Gasteiger partial charge in [0.15, 0.2) is 0 Å². The number of hydrogen-bond donors (Lipinski definition) is 0. The Morgan fingerprint density at radius 3 is 3.00 bits per heavy atom. The van der Waals surface area contributed by atoms with E-state index in [1.54, 1.807) is 6.07 Å². The van der Waals surface area contributed by atoms with Gasteiger partial charge < -0.3 is 0 Å². The molecule has 0 aromatic heterocycles. The highest BCUT2D eigenvalue weighted by molar-refractivity contribution is 9.10. The van der Waals surface area contributed by atoms with Crippen molar-refractivity contribution < 1.29 is 4.39 Å². The van der Waals surface area contributed by atoms with Gasteiger partial charge >= 0.3 is 0 Å². The molecule has 0 fully saturated rings. The molecule has 0 saturated heterocycles. The highest BCUT2D eigenvalue weighted by atomic mass is 79.9. The van der Waals surface area contributed by atoms with Gasteiger partial charge in [0.05, 0.1) is 0 Å². The number of azide groups is 1. The minimum absolute atomic E-state index is 0.304. The molecule has 0 aliphatic heterocycles. The summed E-state index contributed by atoms with van der Waals surface area (Å²) in [6, 6.07) is 4.31. The molecule has 0 atom stereocenters. The summed E-state index contributed by atoms with van der Waals surface area (Å²) in [5, 5.41) is 3.35. The zero-order chi connectivity index (χ0) is 11.1. The van der Waals surface area contributed by atoms with Gasteiger partial charge in [0.1, 0.15) is 5.82 Å². The van der Waals surface area contributed by atoms with Crippen LogP contribution in [-0.2, 0) is 0 Å². The summed E-state index contributed by atoms with van der Waals surface area (Å²) in [5.41, 5.74) is 8.74. The van der Waals surface area contributed by atoms with Gasteiger partial charge in [0.25, 0.3) is 0 Å². The molecule has 0 N–H and O–H groups in total.